The normalized spacial score (nSPS) is 29.0. The fraction of sp³-hybridized carbons (Fsp3) is 0.649. The van der Waals surface area contributed by atoms with Gasteiger partial charge in [0.1, 0.15) is 29.3 Å². The number of carbonyl (C=O) groups excluding carboxylic acids is 5. The number of nitrogens with one attached hydrogen (secondary N) is 3. The van der Waals surface area contributed by atoms with Gasteiger partial charge >= 0.3 is 22.4 Å². The Hall–Kier alpha value is -4.22. The summed E-state index contributed by atoms with van der Waals surface area (Å²) in [5.41, 5.74) is -0.389. The van der Waals surface area contributed by atoms with Gasteiger partial charge < -0.3 is 29.9 Å². The van der Waals surface area contributed by atoms with Crippen LogP contribution >= 0.6 is 0 Å². The van der Waals surface area contributed by atoms with E-state index in [1.54, 1.807) is 25.7 Å². The molecule has 17 heteroatoms. The summed E-state index contributed by atoms with van der Waals surface area (Å²) in [6.45, 7) is 7.17. The van der Waals surface area contributed by atoms with Crippen molar-refractivity contribution in [2.24, 2.45) is 5.92 Å². The number of amides is 5. The molecule has 0 bridgehead atoms. The van der Waals surface area contributed by atoms with Gasteiger partial charge in [0.05, 0.1) is 6.54 Å². The Morgan fingerprint density at radius 2 is 1.67 bits per heavy atom. The molecule has 0 spiro atoms. The number of rotatable bonds is 5. The van der Waals surface area contributed by atoms with E-state index in [4.69, 9.17) is 9.47 Å². The average Bonchev–Trinajstić information content (AvgIpc) is 3.40. The molecule has 5 atom stereocenters. The second kappa shape index (κ2) is 15.9. The van der Waals surface area contributed by atoms with Crippen molar-refractivity contribution in [1.29, 1.82) is 0 Å². The Morgan fingerprint density at radius 3 is 2.33 bits per heavy atom. The molecule has 0 unspecified atom stereocenters. The van der Waals surface area contributed by atoms with Gasteiger partial charge in [0, 0.05) is 51.6 Å². The summed E-state index contributed by atoms with van der Waals surface area (Å²) in [6.07, 6.45) is 4.67. The van der Waals surface area contributed by atoms with E-state index in [0.29, 0.717) is 39.0 Å². The minimum absolute atomic E-state index is 0.0684. The molecule has 3 fully saturated rings. The zero-order chi connectivity index (χ0) is 38.8. The van der Waals surface area contributed by atoms with Crippen molar-refractivity contribution in [2.45, 2.75) is 108 Å². The molecule has 5 amide bonds. The lowest BCUT2D eigenvalue weighted by Crippen LogP contribution is -2.60. The Kier molecular flexibility index (Phi) is 11.6. The fourth-order valence-corrected chi connectivity index (χ4v) is 8.79. The second-order valence-corrected chi connectivity index (χ2v) is 17.7. The number of hydrogen-bond acceptors (Lipinski definition) is 10. The van der Waals surface area contributed by atoms with Crippen LogP contribution in [0.3, 0.4) is 0 Å². The number of alkyl carbamates (subject to hydrolysis) is 1. The molecule has 1 aliphatic carbocycles. The number of carbonyl (C=O) groups is 5. The lowest BCUT2D eigenvalue weighted by molar-refractivity contribution is -0.141. The van der Waals surface area contributed by atoms with Crippen molar-refractivity contribution in [3.05, 3.63) is 47.5 Å². The highest BCUT2D eigenvalue weighted by atomic mass is 32.2. The van der Waals surface area contributed by atoms with E-state index >= 15 is 0 Å². The Balaban J connectivity index is 1.24. The maximum absolute atomic E-state index is 14.4. The first-order valence-corrected chi connectivity index (χ1v) is 20.3. The van der Waals surface area contributed by atoms with Crippen molar-refractivity contribution < 1.29 is 41.9 Å². The van der Waals surface area contributed by atoms with E-state index in [9.17, 15) is 32.4 Å². The Bertz CT molecular complexity index is 1730. The van der Waals surface area contributed by atoms with Crippen molar-refractivity contribution in [3.8, 4) is 0 Å². The van der Waals surface area contributed by atoms with Crippen LogP contribution in [-0.2, 0) is 47.2 Å². The summed E-state index contributed by atoms with van der Waals surface area (Å²) < 4.78 is 41.5. The maximum atomic E-state index is 14.4. The first-order chi connectivity index (χ1) is 25.5. The molecule has 1 aromatic carbocycles. The third kappa shape index (κ3) is 9.17. The third-order valence-corrected chi connectivity index (χ3v) is 12.2. The largest absolute Gasteiger partial charge is 0.444 e. The van der Waals surface area contributed by atoms with Crippen LogP contribution in [-0.4, -0.2) is 126 Å². The average molecular weight is 772 g/mol. The van der Waals surface area contributed by atoms with E-state index < -0.39 is 75.4 Å². The standard InChI is InChI=1S/C37H53N7O9S/c1-36(2,3)53-34(48)38-29-15-9-7-5-6-8-14-27-21-37(27,33(47)40-54(50,51)43-18-16-41(4)17-19-43)39-31(45)30-20-28(24-44(30)32(29)46)52-35(49)42-22-25-12-10-11-13-26(25)23-42/h8,10-14,27-30H,5-7,9,15-24H2,1-4H3,(H,38,48)(H,39,45)(H,40,47)/b14-8+/t27-,28-,29+,30+,37-/m1/s1. The molecule has 1 aromatic rings. The molecule has 16 nitrogen and oxygen atoms in total. The molecule has 54 heavy (non-hydrogen) atoms. The van der Waals surface area contributed by atoms with Crippen molar-refractivity contribution in [2.75, 3.05) is 39.8 Å². The van der Waals surface area contributed by atoms with Gasteiger partial charge in [-0.15, -0.1) is 0 Å². The van der Waals surface area contributed by atoms with Gasteiger partial charge in [0.15, 0.2) is 0 Å². The summed E-state index contributed by atoms with van der Waals surface area (Å²) in [5.74, 6) is -2.58. The van der Waals surface area contributed by atoms with Crippen LogP contribution in [0.4, 0.5) is 9.59 Å². The van der Waals surface area contributed by atoms with Gasteiger partial charge in [-0.1, -0.05) is 49.3 Å². The minimum Gasteiger partial charge on any atom is -0.444 e. The van der Waals surface area contributed by atoms with E-state index in [2.05, 4.69) is 15.4 Å². The number of allylic oxidation sites excluding steroid dienone is 1. The molecule has 0 radical (unpaired) electrons. The minimum atomic E-state index is -4.21. The topological polar surface area (TPSA) is 187 Å². The molecule has 4 aliphatic heterocycles. The van der Waals surface area contributed by atoms with Crippen LogP contribution in [0.15, 0.2) is 36.4 Å². The van der Waals surface area contributed by atoms with Crippen molar-refractivity contribution in [1.82, 2.24) is 34.4 Å². The summed E-state index contributed by atoms with van der Waals surface area (Å²) in [4.78, 5) is 73.9. The molecule has 1 saturated carbocycles. The Morgan fingerprint density at radius 1 is 0.981 bits per heavy atom. The molecule has 5 aliphatic rings. The third-order valence-electron chi connectivity index (χ3n) is 10.7. The summed E-state index contributed by atoms with van der Waals surface area (Å²) in [7, 11) is -2.32. The smallest absolute Gasteiger partial charge is 0.410 e. The lowest BCUT2D eigenvalue weighted by atomic mass is 10.0. The van der Waals surface area contributed by atoms with Gasteiger partial charge in [-0.05, 0) is 64.6 Å². The molecule has 6 rings (SSSR count). The lowest BCUT2D eigenvalue weighted by Gasteiger charge is -2.32. The highest BCUT2D eigenvalue weighted by molar-refractivity contribution is 7.87. The van der Waals surface area contributed by atoms with Crippen LogP contribution in [0.25, 0.3) is 0 Å². The van der Waals surface area contributed by atoms with E-state index in [0.717, 1.165) is 24.0 Å². The van der Waals surface area contributed by atoms with E-state index in [-0.39, 0.29) is 38.9 Å². The fourth-order valence-electron chi connectivity index (χ4n) is 7.60. The predicted molar refractivity (Wildman–Crippen MR) is 197 cm³/mol. The first-order valence-electron chi connectivity index (χ1n) is 18.9. The van der Waals surface area contributed by atoms with Crippen LogP contribution in [0.1, 0.15) is 76.8 Å². The highest BCUT2D eigenvalue weighted by Gasteiger charge is 2.62. The maximum Gasteiger partial charge on any atom is 0.410 e. The summed E-state index contributed by atoms with van der Waals surface area (Å²) in [6, 6.07) is 5.45. The van der Waals surface area contributed by atoms with Crippen molar-refractivity contribution >= 4 is 40.1 Å². The van der Waals surface area contributed by atoms with E-state index in [1.807, 2.05) is 48.4 Å². The van der Waals surface area contributed by atoms with Gasteiger partial charge in [-0.3, -0.25) is 19.3 Å². The number of nitrogens with zero attached hydrogens (tertiary/aromatic N) is 4. The van der Waals surface area contributed by atoms with Crippen LogP contribution in [0.5, 0.6) is 0 Å². The number of likely N-dealkylation sites (N-methyl/N-ethyl adjacent to an activating group) is 1. The molecule has 0 aromatic heterocycles. The number of hydrogen-bond donors (Lipinski definition) is 3. The van der Waals surface area contributed by atoms with Crippen LogP contribution in [0.2, 0.25) is 0 Å². The zero-order valence-corrected chi connectivity index (χ0v) is 32.4. The van der Waals surface area contributed by atoms with Crippen LogP contribution < -0.4 is 15.4 Å². The summed E-state index contributed by atoms with van der Waals surface area (Å²) >= 11 is 0. The highest BCUT2D eigenvalue weighted by Crippen LogP contribution is 2.46. The number of ether oxygens (including phenoxy) is 2. The van der Waals surface area contributed by atoms with E-state index in [1.165, 1.54) is 9.21 Å². The number of fused-ring (bicyclic) bond motifs is 3. The first kappa shape index (κ1) is 39.5. The quantitative estimate of drug-likeness (QED) is 0.374. The SMILES string of the molecule is CN1CCN(S(=O)(=O)NC(=O)[C@@]23C[C@H]2/C=C/CCCCC[C@H](NC(=O)OC(C)(C)C)C(=O)N2C[C@H](OC(=O)N4Cc5ccccc5C4)C[C@H]2C(=O)N3)CC1. The van der Waals surface area contributed by atoms with Gasteiger partial charge in [0.25, 0.3) is 5.91 Å². The molecule has 3 N–H and O–H groups in total. The number of benzene rings is 1. The van der Waals surface area contributed by atoms with Crippen LogP contribution in [0, 0.1) is 5.92 Å². The summed E-state index contributed by atoms with van der Waals surface area (Å²) in [5, 5.41) is 5.54. The monoisotopic (exact) mass is 771 g/mol. The molecule has 296 valence electrons. The van der Waals surface area contributed by atoms with Gasteiger partial charge in [0.2, 0.25) is 11.8 Å². The molecular formula is C37H53N7O9S. The number of piperazine rings is 1. The molecular weight excluding hydrogens is 719 g/mol. The molecule has 4 heterocycles. The second-order valence-electron chi connectivity index (χ2n) is 16.0. The molecule has 2 saturated heterocycles. The Labute approximate surface area is 317 Å². The van der Waals surface area contributed by atoms with Gasteiger partial charge in [-0.2, -0.15) is 12.7 Å². The van der Waals surface area contributed by atoms with Crippen molar-refractivity contribution in [3.63, 3.8) is 0 Å². The van der Waals surface area contributed by atoms with Gasteiger partial charge in [-0.25, -0.2) is 14.3 Å². The zero-order valence-electron chi connectivity index (χ0n) is 31.5. The predicted octanol–water partition coefficient (Wildman–Crippen LogP) is 2.01.